The number of hydrogen-bond acceptors (Lipinski definition) is 1. The second-order valence-corrected chi connectivity index (χ2v) is 6.98. The fraction of sp³-hybridized carbons (Fsp3) is 0.533. The zero-order chi connectivity index (χ0) is 14.3. The lowest BCUT2D eigenvalue weighted by Crippen LogP contribution is -2.04. The number of halogens is 3. The Labute approximate surface area is 136 Å². The van der Waals surface area contributed by atoms with Gasteiger partial charge in [-0.15, -0.1) is 11.6 Å². The third-order valence-corrected chi connectivity index (χ3v) is 5.01. The van der Waals surface area contributed by atoms with Crippen LogP contribution in [0.25, 0.3) is 11.0 Å². The van der Waals surface area contributed by atoms with E-state index in [9.17, 15) is 4.39 Å². The average Bonchev–Trinajstić information content (AvgIpc) is 3.07. The maximum Gasteiger partial charge on any atom is 0.138 e. The van der Waals surface area contributed by atoms with Crippen molar-refractivity contribution in [3.8, 4) is 0 Å². The van der Waals surface area contributed by atoms with E-state index < -0.39 is 0 Å². The zero-order valence-electron chi connectivity index (χ0n) is 11.4. The van der Waals surface area contributed by atoms with Crippen molar-refractivity contribution in [3.05, 3.63) is 27.3 Å². The van der Waals surface area contributed by atoms with Gasteiger partial charge in [-0.2, -0.15) is 0 Å². The first kappa shape index (κ1) is 14.6. The molecular weight excluding hydrogens is 390 g/mol. The summed E-state index contributed by atoms with van der Waals surface area (Å²) in [6, 6.07) is 3.94. The molecule has 1 aromatic carbocycles. The molecule has 0 radical (unpaired) electrons. The van der Waals surface area contributed by atoms with Gasteiger partial charge in [-0.25, -0.2) is 9.37 Å². The summed E-state index contributed by atoms with van der Waals surface area (Å²) in [5, 5.41) is 0. The Bertz CT molecular complexity index is 640. The van der Waals surface area contributed by atoms with Crippen LogP contribution in [0.15, 0.2) is 12.1 Å². The molecule has 2 aromatic rings. The summed E-state index contributed by atoms with van der Waals surface area (Å²) in [5.41, 5.74) is 1.81. The normalized spacial score (nSPS) is 21.6. The third kappa shape index (κ3) is 2.56. The van der Waals surface area contributed by atoms with Gasteiger partial charge in [0.1, 0.15) is 11.6 Å². The number of aryl methyl sites for hydroxylation is 1. The second kappa shape index (κ2) is 5.79. The maximum absolute atomic E-state index is 13.9. The van der Waals surface area contributed by atoms with Gasteiger partial charge in [0, 0.05) is 24.4 Å². The highest BCUT2D eigenvalue weighted by Crippen LogP contribution is 2.48. The minimum Gasteiger partial charge on any atom is -0.324 e. The number of fused-ring (bicyclic) bond motifs is 1. The monoisotopic (exact) mass is 406 g/mol. The van der Waals surface area contributed by atoms with E-state index in [1.54, 1.807) is 6.07 Å². The van der Waals surface area contributed by atoms with E-state index in [1.165, 1.54) is 19.3 Å². The lowest BCUT2D eigenvalue weighted by molar-refractivity contribution is 0.596. The highest BCUT2D eigenvalue weighted by atomic mass is 127. The second-order valence-electron chi connectivity index (χ2n) is 5.44. The molecule has 1 heterocycles. The predicted octanol–water partition coefficient (Wildman–Crippen LogP) is 4.92. The molecular formula is C15H17ClFIN2. The van der Waals surface area contributed by atoms with E-state index in [1.807, 2.05) is 28.7 Å². The first-order chi connectivity index (χ1) is 9.65. The molecule has 0 bridgehead atoms. The van der Waals surface area contributed by atoms with E-state index in [0.29, 0.717) is 21.4 Å². The van der Waals surface area contributed by atoms with Crippen LogP contribution < -0.4 is 0 Å². The Morgan fingerprint density at radius 2 is 2.30 bits per heavy atom. The molecule has 1 saturated carbocycles. The molecule has 2 nitrogen and oxygen atoms in total. The number of aromatic nitrogens is 2. The quantitative estimate of drug-likeness (QED) is 0.509. The largest absolute Gasteiger partial charge is 0.324 e. The van der Waals surface area contributed by atoms with Crippen molar-refractivity contribution in [1.29, 1.82) is 0 Å². The molecule has 2 unspecified atom stereocenters. The van der Waals surface area contributed by atoms with Crippen molar-refractivity contribution >= 4 is 45.2 Å². The summed E-state index contributed by atoms with van der Waals surface area (Å²) in [6.07, 6.45) is 4.36. The van der Waals surface area contributed by atoms with Crippen LogP contribution >= 0.6 is 34.2 Å². The summed E-state index contributed by atoms with van der Waals surface area (Å²) in [7, 11) is 0. The van der Waals surface area contributed by atoms with E-state index in [0.717, 1.165) is 23.3 Å². The topological polar surface area (TPSA) is 17.8 Å². The number of imidazole rings is 1. The van der Waals surface area contributed by atoms with E-state index >= 15 is 0 Å². The Balaban J connectivity index is 2.07. The lowest BCUT2D eigenvalue weighted by atomic mass is 10.2. The Morgan fingerprint density at radius 1 is 1.50 bits per heavy atom. The molecule has 5 heteroatoms. The van der Waals surface area contributed by atoms with Crippen molar-refractivity contribution in [3.63, 3.8) is 0 Å². The highest BCUT2D eigenvalue weighted by molar-refractivity contribution is 14.1. The number of nitrogens with zero attached hydrogens (tertiary/aromatic N) is 2. The summed E-state index contributed by atoms with van der Waals surface area (Å²) in [4.78, 5) is 4.67. The van der Waals surface area contributed by atoms with Gasteiger partial charge in [-0.1, -0.05) is 13.3 Å². The van der Waals surface area contributed by atoms with Crippen molar-refractivity contribution in [2.24, 2.45) is 5.92 Å². The van der Waals surface area contributed by atoms with Crippen molar-refractivity contribution < 1.29 is 4.39 Å². The number of hydrogen-bond donors (Lipinski definition) is 0. The van der Waals surface area contributed by atoms with E-state index in [2.05, 4.69) is 16.5 Å². The number of benzene rings is 1. The van der Waals surface area contributed by atoms with Gasteiger partial charge in [-0.3, -0.25) is 0 Å². The summed E-state index contributed by atoms with van der Waals surface area (Å²) in [5.74, 6) is 2.10. The fourth-order valence-electron chi connectivity index (χ4n) is 3.00. The lowest BCUT2D eigenvalue weighted by Gasteiger charge is -2.08. The first-order valence-corrected chi connectivity index (χ1v) is 8.68. The van der Waals surface area contributed by atoms with Crippen LogP contribution in [0.3, 0.4) is 0 Å². The molecule has 0 N–H and O–H groups in total. The molecule has 108 valence electrons. The summed E-state index contributed by atoms with van der Waals surface area (Å²) < 4.78 is 16.7. The predicted molar refractivity (Wildman–Crippen MR) is 88.9 cm³/mol. The van der Waals surface area contributed by atoms with Gasteiger partial charge < -0.3 is 4.57 Å². The van der Waals surface area contributed by atoms with E-state index in [4.69, 9.17) is 11.6 Å². The zero-order valence-corrected chi connectivity index (χ0v) is 14.3. The average molecular weight is 407 g/mol. The smallest absolute Gasteiger partial charge is 0.138 e. The van der Waals surface area contributed by atoms with Gasteiger partial charge >= 0.3 is 0 Å². The SMILES string of the molecule is CCCC1CC1n1c(CCCl)nc2cc(I)c(F)cc21. The van der Waals surface area contributed by atoms with Crippen molar-refractivity contribution in [2.75, 3.05) is 5.88 Å². The van der Waals surface area contributed by atoms with Gasteiger partial charge in [0.25, 0.3) is 0 Å². The van der Waals surface area contributed by atoms with Gasteiger partial charge in [0.2, 0.25) is 0 Å². The molecule has 1 aliphatic rings. The van der Waals surface area contributed by atoms with Crippen LogP contribution in [0.1, 0.15) is 38.1 Å². The number of alkyl halides is 1. The minimum atomic E-state index is -0.163. The molecule has 1 fully saturated rings. The van der Waals surface area contributed by atoms with Crippen LogP contribution in [0.4, 0.5) is 4.39 Å². The Morgan fingerprint density at radius 3 is 3.00 bits per heavy atom. The molecule has 1 aromatic heterocycles. The molecule has 0 aliphatic heterocycles. The highest BCUT2D eigenvalue weighted by Gasteiger charge is 2.39. The first-order valence-electron chi connectivity index (χ1n) is 7.07. The molecule has 2 atom stereocenters. The van der Waals surface area contributed by atoms with Crippen LogP contribution in [0.2, 0.25) is 0 Å². The minimum absolute atomic E-state index is 0.163. The van der Waals surface area contributed by atoms with Crippen LogP contribution in [-0.4, -0.2) is 15.4 Å². The summed E-state index contributed by atoms with van der Waals surface area (Å²) >= 11 is 7.91. The molecule has 0 amide bonds. The van der Waals surface area contributed by atoms with Crippen LogP contribution in [0, 0.1) is 15.3 Å². The van der Waals surface area contributed by atoms with E-state index in [-0.39, 0.29) is 5.82 Å². The van der Waals surface area contributed by atoms with Crippen LogP contribution in [0.5, 0.6) is 0 Å². The molecule has 0 saturated heterocycles. The van der Waals surface area contributed by atoms with Gasteiger partial charge in [0.15, 0.2) is 0 Å². The van der Waals surface area contributed by atoms with Gasteiger partial charge in [-0.05, 0) is 47.4 Å². The van der Waals surface area contributed by atoms with Crippen molar-refractivity contribution in [1.82, 2.24) is 9.55 Å². The Kier molecular flexibility index (Phi) is 4.22. The van der Waals surface area contributed by atoms with Crippen molar-refractivity contribution in [2.45, 2.75) is 38.6 Å². The molecule has 20 heavy (non-hydrogen) atoms. The summed E-state index contributed by atoms with van der Waals surface area (Å²) in [6.45, 7) is 2.21. The third-order valence-electron chi connectivity index (χ3n) is 4.00. The Hall–Kier alpha value is -0.360. The van der Waals surface area contributed by atoms with Gasteiger partial charge in [0.05, 0.1) is 14.6 Å². The molecule has 0 spiro atoms. The number of rotatable bonds is 5. The maximum atomic E-state index is 13.9. The van der Waals surface area contributed by atoms with Crippen LogP contribution in [-0.2, 0) is 6.42 Å². The standard InChI is InChI=1S/C15H17ClFIN2/c1-2-3-9-6-13(9)20-14-7-10(17)11(18)8-12(14)19-15(20)4-5-16/h7-9,13H,2-6H2,1H3. The molecule has 1 aliphatic carbocycles. The fourth-order valence-corrected chi connectivity index (χ4v) is 3.62. The molecule has 3 rings (SSSR count).